The van der Waals surface area contributed by atoms with Crippen molar-refractivity contribution in [2.45, 2.75) is 127 Å². The zero-order valence-electron chi connectivity index (χ0n) is 34.3. The van der Waals surface area contributed by atoms with E-state index in [9.17, 15) is 72.9 Å². The van der Waals surface area contributed by atoms with E-state index in [2.05, 4.69) is 37.2 Å². The minimum absolute atomic E-state index is 0.0582. The fourth-order valence-electron chi connectivity index (χ4n) is 5.68. The van der Waals surface area contributed by atoms with Crippen molar-refractivity contribution in [2.75, 3.05) is 19.8 Å². The molecule has 348 valence electrons. The van der Waals surface area contributed by atoms with Crippen molar-refractivity contribution in [3.8, 4) is 0 Å². The minimum Gasteiger partial charge on any atom is -0.481 e. The lowest BCUT2D eigenvalue weighted by Crippen LogP contribution is -2.60. The Hall–Kier alpha value is -6.48. The molecule has 0 unspecified atom stereocenters. The number of nitrogens with two attached hydrogens (primary N) is 3. The molecule has 17 N–H and O–H groups in total. The van der Waals surface area contributed by atoms with Crippen LogP contribution >= 0.6 is 0 Å². The van der Waals surface area contributed by atoms with Gasteiger partial charge in [-0.05, 0) is 52.9 Å². The predicted octanol–water partition coefficient (Wildman–Crippen LogP) is -7.78. The number of nitrogens with zero attached hydrogens (tertiary/aromatic N) is 1. The lowest BCUT2D eigenvalue weighted by molar-refractivity contribution is -0.143. The molecule has 1 fully saturated rings. The van der Waals surface area contributed by atoms with E-state index in [1.54, 1.807) is 0 Å². The number of aliphatic hydroxyl groups excluding tert-OH is 2. The highest BCUT2D eigenvalue weighted by Crippen LogP contribution is 2.19. The molecule has 0 bridgehead atoms. The maximum Gasteiger partial charge on any atom is 0.303 e. The van der Waals surface area contributed by atoms with Crippen LogP contribution in [-0.4, -0.2) is 170 Å². The lowest BCUT2D eigenvalue weighted by atomic mass is 10.0. The Bertz CT molecular complexity index is 1700. The molecule has 27 heteroatoms. The number of aliphatic carboxylic acids is 2. The number of hydrogen-bond acceptors (Lipinski definition) is 15. The monoisotopic (exact) mass is 887 g/mol. The molecule has 0 saturated carbocycles. The highest BCUT2D eigenvalue weighted by molar-refractivity contribution is 5.98. The summed E-state index contributed by atoms with van der Waals surface area (Å²) in [5.74, 6) is -12.6. The van der Waals surface area contributed by atoms with Gasteiger partial charge in [0.15, 0.2) is 0 Å². The molecule has 0 aromatic carbocycles. The minimum atomic E-state index is -1.78. The number of carbonyl (C=O) groups is 12. The maximum atomic E-state index is 13.6. The average Bonchev–Trinajstić information content (AvgIpc) is 3.70. The number of carboxylic acids is 2. The number of carbonyl (C=O) groups excluding carboxylic acids is 10. The molecule has 1 aliphatic rings. The third kappa shape index (κ3) is 18.0. The Morgan fingerprint density at radius 2 is 0.984 bits per heavy atom. The van der Waals surface area contributed by atoms with E-state index in [-0.39, 0.29) is 13.0 Å². The van der Waals surface area contributed by atoms with Crippen LogP contribution in [0, 0.1) is 0 Å². The van der Waals surface area contributed by atoms with E-state index in [1.165, 1.54) is 13.8 Å². The van der Waals surface area contributed by atoms with Crippen LogP contribution in [0.2, 0.25) is 0 Å². The van der Waals surface area contributed by atoms with Crippen molar-refractivity contribution in [2.24, 2.45) is 17.2 Å². The van der Waals surface area contributed by atoms with Gasteiger partial charge in [-0.1, -0.05) is 0 Å². The first kappa shape index (κ1) is 53.5. The van der Waals surface area contributed by atoms with Gasteiger partial charge in [0.1, 0.15) is 54.4 Å². The molecule has 9 atom stereocenters. The highest BCUT2D eigenvalue weighted by Gasteiger charge is 2.39. The van der Waals surface area contributed by atoms with Gasteiger partial charge in [-0.15, -0.1) is 0 Å². The Morgan fingerprint density at radius 1 is 0.565 bits per heavy atom. The van der Waals surface area contributed by atoms with Gasteiger partial charge in [0.2, 0.25) is 59.1 Å². The van der Waals surface area contributed by atoms with Gasteiger partial charge < -0.3 is 79.7 Å². The second kappa shape index (κ2) is 26.0. The highest BCUT2D eigenvalue weighted by atomic mass is 16.4. The van der Waals surface area contributed by atoms with Crippen molar-refractivity contribution < 1.29 is 78.0 Å². The number of nitrogens with one attached hydrogen (secondary N) is 7. The molecule has 1 aliphatic heterocycles. The summed E-state index contributed by atoms with van der Waals surface area (Å²) in [6.07, 6.45) is -3.07. The molecule has 0 aliphatic carbocycles. The third-order valence-electron chi connectivity index (χ3n) is 9.33. The van der Waals surface area contributed by atoms with Gasteiger partial charge in [0.05, 0.1) is 13.2 Å². The summed E-state index contributed by atoms with van der Waals surface area (Å²) in [7, 11) is 0. The third-order valence-corrected chi connectivity index (χ3v) is 9.33. The van der Waals surface area contributed by atoms with Crippen molar-refractivity contribution in [3.05, 3.63) is 0 Å². The number of amides is 10. The standard InChI is InChI=1S/C35H57N11O16/c1-15(27(38)54)39-34(61)23-5-4-12-46(23)35(62)22(14-48)45-29(56)17(3)41-31(58)20(7-10-25(50)51)43-33(60)21(8-11-26(52)53)44-32(59)19(6-9-24(37)49)42-28(55)16(2)40-30(57)18(36)13-47/h15-23,47-48H,4-14,36H2,1-3H3,(H2,37,49)(H2,38,54)(H,39,61)(H,40,57)(H,41,58)(H,42,55)(H,43,60)(H,44,59)(H,45,56)(H,50,51)(H,52,53)/t15-,16-,17-,18-,19-,20-,21-,22-,23-/m0/s1. The van der Waals surface area contributed by atoms with E-state index in [0.29, 0.717) is 6.42 Å². The number of carboxylic acid groups (broad SMARTS) is 2. The van der Waals surface area contributed by atoms with Crippen LogP contribution in [-0.2, 0) is 57.5 Å². The summed E-state index contributed by atoms with van der Waals surface area (Å²) in [5, 5.41) is 53.5. The largest absolute Gasteiger partial charge is 0.481 e. The molecule has 1 rings (SSSR count). The fourth-order valence-corrected chi connectivity index (χ4v) is 5.68. The number of likely N-dealkylation sites (tertiary alicyclic amines) is 1. The zero-order valence-corrected chi connectivity index (χ0v) is 34.3. The number of rotatable bonds is 27. The van der Waals surface area contributed by atoms with Crippen LogP contribution in [0.4, 0.5) is 0 Å². The van der Waals surface area contributed by atoms with E-state index in [0.717, 1.165) is 11.8 Å². The normalized spacial score (nSPS) is 17.2. The Balaban J connectivity index is 3.21. The van der Waals surface area contributed by atoms with Gasteiger partial charge in [-0.25, -0.2) is 0 Å². The van der Waals surface area contributed by atoms with E-state index >= 15 is 0 Å². The summed E-state index contributed by atoms with van der Waals surface area (Å²) in [5.41, 5.74) is 15.8. The van der Waals surface area contributed by atoms with Crippen LogP contribution in [0.1, 0.15) is 72.1 Å². The lowest BCUT2D eigenvalue weighted by Gasteiger charge is -2.29. The van der Waals surface area contributed by atoms with E-state index < -0.39 is 177 Å². The number of aliphatic hydroxyl groups is 2. The van der Waals surface area contributed by atoms with E-state index in [4.69, 9.17) is 22.3 Å². The smallest absolute Gasteiger partial charge is 0.303 e. The summed E-state index contributed by atoms with van der Waals surface area (Å²) >= 11 is 0. The van der Waals surface area contributed by atoms with Crippen LogP contribution in [0.25, 0.3) is 0 Å². The van der Waals surface area contributed by atoms with Gasteiger partial charge in [-0.2, -0.15) is 0 Å². The molecule has 62 heavy (non-hydrogen) atoms. The van der Waals surface area contributed by atoms with Crippen LogP contribution in [0.3, 0.4) is 0 Å². The van der Waals surface area contributed by atoms with Crippen molar-refractivity contribution in [1.82, 2.24) is 42.1 Å². The second-order valence-electron chi connectivity index (χ2n) is 14.4. The summed E-state index contributed by atoms with van der Waals surface area (Å²) < 4.78 is 0. The molecule has 1 heterocycles. The summed E-state index contributed by atoms with van der Waals surface area (Å²) in [6, 6.07) is -13.1. The molecule has 0 spiro atoms. The molecule has 27 nitrogen and oxygen atoms in total. The molecule has 0 aromatic heterocycles. The zero-order chi connectivity index (χ0) is 47.4. The Labute approximate surface area is 354 Å². The van der Waals surface area contributed by atoms with Gasteiger partial charge >= 0.3 is 11.9 Å². The quantitative estimate of drug-likeness (QED) is 0.0364. The van der Waals surface area contributed by atoms with Gasteiger partial charge in [-0.3, -0.25) is 57.5 Å². The van der Waals surface area contributed by atoms with Crippen molar-refractivity contribution in [1.29, 1.82) is 0 Å². The first-order valence-electron chi connectivity index (χ1n) is 19.3. The molecular formula is C35H57N11O16. The Kier molecular flexibility index (Phi) is 22.4. The maximum absolute atomic E-state index is 13.6. The Morgan fingerprint density at radius 3 is 1.40 bits per heavy atom. The van der Waals surface area contributed by atoms with Gasteiger partial charge in [0, 0.05) is 25.8 Å². The topological polar surface area (TPSA) is 451 Å². The average molecular weight is 888 g/mol. The second-order valence-corrected chi connectivity index (χ2v) is 14.4. The van der Waals surface area contributed by atoms with E-state index in [1.807, 2.05) is 0 Å². The molecule has 0 radical (unpaired) electrons. The SMILES string of the molecule is C[C@H](NC(=O)[C@@H]1CCCN1C(=O)[C@H](CO)NC(=O)[C@H](C)NC(=O)[C@H](CCC(=O)O)NC(=O)[C@H](CCC(=O)O)NC(=O)[C@H](CCC(N)=O)NC(=O)[C@H](C)NC(=O)[C@@H](N)CO)C(N)=O. The number of primary amides is 2. The summed E-state index contributed by atoms with van der Waals surface area (Å²) in [6.45, 7) is 2.03. The molecular weight excluding hydrogens is 830 g/mol. The van der Waals surface area contributed by atoms with Crippen LogP contribution < -0.4 is 54.4 Å². The van der Waals surface area contributed by atoms with Gasteiger partial charge in [0.25, 0.3) is 0 Å². The molecule has 10 amide bonds. The van der Waals surface area contributed by atoms with Crippen LogP contribution in [0.15, 0.2) is 0 Å². The van der Waals surface area contributed by atoms with Crippen molar-refractivity contribution in [3.63, 3.8) is 0 Å². The first-order valence-corrected chi connectivity index (χ1v) is 19.3. The number of hydrogen-bond donors (Lipinski definition) is 14. The molecule has 1 saturated heterocycles. The molecule has 0 aromatic rings. The van der Waals surface area contributed by atoms with Crippen LogP contribution in [0.5, 0.6) is 0 Å². The first-order chi connectivity index (χ1) is 28.9. The van der Waals surface area contributed by atoms with Crippen molar-refractivity contribution >= 4 is 71.0 Å². The summed E-state index contributed by atoms with van der Waals surface area (Å²) in [4.78, 5) is 152. The predicted molar refractivity (Wildman–Crippen MR) is 209 cm³/mol. The fraction of sp³-hybridized carbons (Fsp3) is 0.657.